The molecule has 5 nitrogen and oxygen atoms in total. The molecule has 0 radical (unpaired) electrons. The van der Waals surface area contributed by atoms with Gasteiger partial charge in [-0.1, -0.05) is 6.07 Å². The SMILES string of the molecule is NC(=O)[C@@H](c1cccnc1)N1CCOCC1. The van der Waals surface area contributed by atoms with Gasteiger partial charge in [-0.2, -0.15) is 0 Å². The van der Waals surface area contributed by atoms with Crippen molar-refractivity contribution in [2.45, 2.75) is 6.04 Å². The molecule has 1 aromatic heterocycles. The van der Waals surface area contributed by atoms with E-state index in [2.05, 4.69) is 4.98 Å². The Morgan fingerprint density at radius 1 is 1.50 bits per heavy atom. The average molecular weight is 221 g/mol. The first kappa shape index (κ1) is 11.0. The smallest absolute Gasteiger partial charge is 0.239 e. The second kappa shape index (κ2) is 5.05. The number of primary amides is 1. The van der Waals surface area contributed by atoms with Crippen LogP contribution in [0.5, 0.6) is 0 Å². The molecule has 0 aromatic carbocycles. The normalized spacial score (nSPS) is 19.2. The number of morpholine rings is 1. The third-order valence-corrected chi connectivity index (χ3v) is 2.68. The van der Waals surface area contributed by atoms with Crippen molar-refractivity contribution in [3.8, 4) is 0 Å². The molecule has 2 N–H and O–H groups in total. The molecule has 2 heterocycles. The van der Waals surface area contributed by atoms with E-state index >= 15 is 0 Å². The predicted octanol–water partition coefficient (Wildman–Crippen LogP) is -0.0598. The molecule has 1 saturated heterocycles. The van der Waals surface area contributed by atoms with Crippen LogP contribution in [0.25, 0.3) is 0 Å². The van der Waals surface area contributed by atoms with Crippen LogP contribution >= 0.6 is 0 Å². The highest BCUT2D eigenvalue weighted by atomic mass is 16.5. The molecule has 1 atom stereocenters. The van der Waals surface area contributed by atoms with Crippen molar-refractivity contribution in [3.63, 3.8) is 0 Å². The van der Waals surface area contributed by atoms with Crippen molar-refractivity contribution in [3.05, 3.63) is 30.1 Å². The molecule has 1 aliphatic rings. The standard InChI is InChI=1S/C11H15N3O2/c12-11(15)10(9-2-1-3-13-8-9)14-4-6-16-7-5-14/h1-3,8,10H,4-7H2,(H2,12,15)/t10-/m1/s1. The molecule has 2 rings (SSSR count). The van der Waals surface area contributed by atoms with Gasteiger partial charge >= 0.3 is 0 Å². The summed E-state index contributed by atoms with van der Waals surface area (Å²) in [6.07, 6.45) is 3.37. The minimum absolute atomic E-state index is 0.338. The van der Waals surface area contributed by atoms with Gasteiger partial charge in [-0.05, 0) is 11.6 Å². The second-order valence-electron chi connectivity index (χ2n) is 3.74. The molecule has 0 unspecified atom stereocenters. The highest BCUT2D eigenvalue weighted by Gasteiger charge is 2.27. The Balaban J connectivity index is 2.20. The van der Waals surface area contributed by atoms with E-state index in [4.69, 9.17) is 10.5 Å². The highest BCUT2D eigenvalue weighted by Crippen LogP contribution is 2.20. The first-order valence-corrected chi connectivity index (χ1v) is 5.30. The summed E-state index contributed by atoms with van der Waals surface area (Å²) in [6, 6.07) is 3.29. The summed E-state index contributed by atoms with van der Waals surface area (Å²) in [5, 5.41) is 0. The number of carbonyl (C=O) groups excluding carboxylic acids is 1. The molecule has 86 valence electrons. The summed E-state index contributed by atoms with van der Waals surface area (Å²) in [5.41, 5.74) is 6.29. The summed E-state index contributed by atoms with van der Waals surface area (Å²) in [6.45, 7) is 2.74. The Morgan fingerprint density at radius 2 is 2.25 bits per heavy atom. The van der Waals surface area contributed by atoms with Gasteiger partial charge < -0.3 is 10.5 Å². The third-order valence-electron chi connectivity index (χ3n) is 2.68. The van der Waals surface area contributed by atoms with Crippen molar-refractivity contribution in [2.24, 2.45) is 5.73 Å². The van der Waals surface area contributed by atoms with Crippen molar-refractivity contribution >= 4 is 5.91 Å². The number of rotatable bonds is 3. The van der Waals surface area contributed by atoms with Gasteiger partial charge in [0.25, 0.3) is 0 Å². The number of amides is 1. The van der Waals surface area contributed by atoms with Crippen molar-refractivity contribution < 1.29 is 9.53 Å². The summed E-state index contributed by atoms with van der Waals surface area (Å²) >= 11 is 0. The van der Waals surface area contributed by atoms with Crippen LogP contribution < -0.4 is 5.73 Å². The molecule has 0 bridgehead atoms. The van der Waals surface area contributed by atoms with Crippen LogP contribution in [0.1, 0.15) is 11.6 Å². The zero-order valence-corrected chi connectivity index (χ0v) is 9.00. The molecule has 1 aliphatic heterocycles. The maximum absolute atomic E-state index is 11.5. The van der Waals surface area contributed by atoms with Gasteiger partial charge in [0.15, 0.2) is 0 Å². The minimum Gasteiger partial charge on any atom is -0.379 e. The number of ether oxygens (including phenoxy) is 1. The Bertz CT molecular complexity index is 350. The number of nitrogens with two attached hydrogens (primary N) is 1. The number of pyridine rings is 1. The fourth-order valence-electron chi connectivity index (χ4n) is 1.93. The van der Waals surface area contributed by atoms with E-state index in [0.717, 1.165) is 18.7 Å². The predicted molar refractivity (Wildman–Crippen MR) is 58.6 cm³/mol. The number of hydrogen-bond donors (Lipinski definition) is 1. The highest BCUT2D eigenvalue weighted by molar-refractivity contribution is 5.81. The topological polar surface area (TPSA) is 68.5 Å². The van der Waals surface area contributed by atoms with Crippen LogP contribution in [0.2, 0.25) is 0 Å². The number of hydrogen-bond acceptors (Lipinski definition) is 4. The van der Waals surface area contributed by atoms with Gasteiger partial charge in [0.2, 0.25) is 5.91 Å². The van der Waals surface area contributed by atoms with Crippen LogP contribution in [0.15, 0.2) is 24.5 Å². The molecule has 0 aliphatic carbocycles. The van der Waals surface area contributed by atoms with Crippen molar-refractivity contribution in [1.82, 2.24) is 9.88 Å². The van der Waals surface area contributed by atoms with Gasteiger partial charge in [0.1, 0.15) is 6.04 Å². The van der Waals surface area contributed by atoms with E-state index in [1.807, 2.05) is 17.0 Å². The lowest BCUT2D eigenvalue weighted by atomic mass is 10.1. The molecular weight excluding hydrogens is 206 g/mol. The lowest BCUT2D eigenvalue weighted by Gasteiger charge is -2.32. The number of carbonyl (C=O) groups is 1. The molecule has 1 fully saturated rings. The summed E-state index contributed by atoms with van der Waals surface area (Å²) in [7, 11) is 0. The zero-order chi connectivity index (χ0) is 11.4. The van der Waals surface area contributed by atoms with Crippen LogP contribution in [0.4, 0.5) is 0 Å². The molecule has 0 saturated carbocycles. The number of aromatic nitrogens is 1. The maximum Gasteiger partial charge on any atom is 0.239 e. The van der Waals surface area contributed by atoms with Gasteiger partial charge in [0.05, 0.1) is 13.2 Å². The van der Waals surface area contributed by atoms with Crippen LogP contribution in [-0.4, -0.2) is 42.1 Å². The van der Waals surface area contributed by atoms with E-state index in [1.165, 1.54) is 0 Å². The Labute approximate surface area is 94.2 Å². The largest absolute Gasteiger partial charge is 0.379 e. The Hall–Kier alpha value is -1.46. The fourth-order valence-corrected chi connectivity index (χ4v) is 1.93. The fraction of sp³-hybridized carbons (Fsp3) is 0.455. The van der Waals surface area contributed by atoms with Crippen LogP contribution in [0.3, 0.4) is 0 Å². The minimum atomic E-state index is -0.391. The van der Waals surface area contributed by atoms with Gasteiger partial charge in [0, 0.05) is 25.5 Å². The molecule has 16 heavy (non-hydrogen) atoms. The van der Waals surface area contributed by atoms with Gasteiger partial charge in [-0.25, -0.2) is 0 Å². The van der Waals surface area contributed by atoms with Crippen LogP contribution in [0, 0.1) is 0 Å². The molecule has 1 amide bonds. The second-order valence-corrected chi connectivity index (χ2v) is 3.74. The van der Waals surface area contributed by atoms with E-state index < -0.39 is 6.04 Å². The first-order chi connectivity index (χ1) is 7.79. The molecule has 1 aromatic rings. The maximum atomic E-state index is 11.5. The monoisotopic (exact) mass is 221 g/mol. The lowest BCUT2D eigenvalue weighted by Crippen LogP contribution is -2.44. The third kappa shape index (κ3) is 2.37. The summed E-state index contributed by atoms with van der Waals surface area (Å²) in [5.74, 6) is -0.338. The van der Waals surface area contributed by atoms with E-state index in [0.29, 0.717) is 13.2 Å². The van der Waals surface area contributed by atoms with E-state index in [1.54, 1.807) is 12.4 Å². The molecular formula is C11H15N3O2. The number of nitrogens with zero attached hydrogens (tertiary/aromatic N) is 2. The quantitative estimate of drug-likeness (QED) is 0.776. The van der Waals surface area contributed by atoms with E-state index in [9.17, 15) is 4.79 Å². The zero-order valence-electron chi connectivity index (χ0n) is 9.00. The Kier molecular flexibility index (Phi) is 3.48. The van der Waals surface area contributed by atoms with Crippen LogP contribution in [-0.2, 0) is 9.53 Å². The van der Waals surface area contributed by atoms with Gasteiger partial charge in [-0.15, -0.1) is 0 Å². The average Bonchev–Trinajstić information content (AvgIpc) is 2.31. The molecule has 0 spiro atoms. The molecule has 5 heteroatoms. The Morgan fingerprint density at radius 3 is 2.81 bits per heavy atom. The van der Waals surface area contributed by atoms with Crippen molar-refractivity contribution in [2.75, 3.05) is 26.3 Å². The van der Waals surface area contributed by atoms with Gasteiger partial charge in [-0.3, -0.25) is 14.7 Å². The lowest BCUT2D eigenvalue weighted by molar-refractivity contribution is -0.125. The summed E-state index contributed by atoms with van der Waals surface area (Å²) in [4.78, 5) is 17.6. The first-order valence-electron chi connectivity index (χ1n) is 5.30. The van der Waals surface area contributed by atoms with E-state index in [-0.39, 0.29) is 5.91 Å². The van der Waals surface area contributed by atoms with Crippen molar-refractivity contribution in [1.29, 1.82) is 0 Å². The summed E-state index contributed by atoms with van der Waals surface area (Å²) < 4.78 is 5.26.